The quantitative estimate of drug-likeness (QED) is 0.753. The molecular weight excluding hydrogens is 248 g/mol. The topological polar surface area (TPSA) is 35.5 Å². The minimum Gasteiger partial charge on any atom is -0.394 e. The van der Waals surface area contributed by atoms with Crippen molar-refractivity contribution in [2.24, 2.45) is 17.8 Å². The molecule has 1 aliphatic heterocycles. The molecule has 1 aliphatic carbocycles. The summed E-state index contributed by atoms with van der Waals surface area (Å²) in [5.41, 5.74) is -0.0545. The van der Waals surface area contributed by atoms with E-state index in [1.807, 2.05) is 0 Å². The van der Waals surface area contributed by atoms with E-state index in [4.69, 9.17) is 0 Å². The van der Waals surface area contributed by atoms with Crippen molar-refractivity contribution in [3.05, 3.63) is 0 Å². The van der Waals surface area contributed by atoms with E-state index in [1.165, 1.54) is 25.8 Å². The van der Waals surface area contributed by atoms with Crippen molar-refractivity contribution in [1.29, 1.82) is 0 Å². The summed E-state index contributed by atoms with van der Waals surface area (Å²) in [4.78, 5) is 2.63. The fraction of sp³-hybridized carbons (Fsp3) is 1.00. The van der Waals surface area contributed by atoms with Crippen LogP contribution in [0.3, 0.4) is 0 Å². The maximum atomic E-state index is 10.1. The SMILES string of the molecule is CCCNC(CO)(CN1CC(C)CC(C)C1C)C1CC1. The summed E-state index contributed by atoms with van der Waals surface area (Å²) in [5, 5.41) is 13.8. The maximum absolute atomic E-state index is 10.1. The van der Waals surface area contributed by atoms with Crippen molar-refractivity contribution in [3.63, 3.8) is 0 Å². The zero-order chi connectivity index (χ0) is 14.8. The molecule has 3 nitrogen and oxygen atoms in total. The Morgan fingerprint density at radius 1 is 1.25 bits per heavy atom. The standard InChI is InChI=1S/C17H34N2O/c1-5-8-18-17(12-20,16-6-7-16)11-19-10-13(2)9-14(3)15(19)4/h13-16,18,20H,5-12H2,1-4H3. The second kappa shape index (κ2) is 6.76. The molecule has 0 amide bonds. The highest BCUT2D eigenvalue weighted by Gasteiger charge is 2.46. The highest BCUT2D eigenvalue weighted by atomic mass is 16.3. The second-order valence-corrected chi connectivity index (χ2v) is 7.50. The molecule has 118 valence electrons. The van der Waals surface area contributed by atoms with E-state index in [1.54, 1.807) is 0 Å². The van der Waals surface area contributed by atoms with Crippen molar-refractivity contribution in [2.75, 3.05) is 26.2 Å². The molecular formula is C17H34N2O. The van der Waals surface area contributed by atoms with Crippen LogP contribution >= 0.6 is 0 Å². The highest BCUT2D eigenvalue weighted by molar-refractivity contribution is 5.04. The third-order valence-electron chi connectivity index (χ3n) is 5.57. The van der Waals surface area contributed by atoms with E-state index in [2.05, 4.69) is 37.9 Å². The summed E-state index contributed by atoms with van der Waals surface area (Å²) in [7, 11) is 0. The molecule has 0 aromatic rings. The monoisotopic (exact) mass is 282 g/mol. The number of nitrogens with one attached hydrogen (secondary N) is 1. The average molecular weight is 282 g/mol. The summed E-state index contributed by atoms with van der Waals surface area (Å²) >= 11 is 0. The van der Waals surface area contributed by atoms with Crippen LogP contribution in [-0.2, 0) is 0 Å². The van der Waals surface area contributed by atoms with E-state index in [-0.39, 0.29) is 12.1 Å². The number of likely N-dealkylation sites (tertiary alicyclic amines) is 1. The van der Waals surface area contributed by atoms with Gasteiger partial charge >= 0.3 is 0 Å². The van der Waals surface area contributed by atoms with Gasteiger partial charge in [-0.3, -0.25) is 4.90 Å². The Balaban J connectivity index is 2.05. The van der Waals surface area contributed by atoms with Crippen LogP contribution in [0.5, 0.6) is 0 Å². The number of rotatable bonds is 7. The van der Waals surface area contributed by atoms with Crippen LogP contribution < -0.4 is 5.32 Å². The second-order valence-electron chi connectivity index (χ2n) is 7.50. The number of piperidine rings is 1. The minimum absolute atomic E-state index is 0.0545. The largest absolute Gasteiger partial charge is 0.394 e. The van der Waals surface area contributed by atoms with Gasteiger partial charge in [0.25, 0.3) is 0 Å². The number of nitrogens with zero attached hydrogens (tertiary/aromatic N) is 1. The molecule has 4 atom stereocenters. The maximum Gasteiger partial charge on any atom is 0.0628 e. The normalized spacial score (nSPS) is 35.0. The van der Waals surface area contributed by atoms with E-state index in [0.29, 0.717) is 12.0 Å². The summed E-state index contributed by atoms with van der Waals surface area (Å²) in [5.74, 6) is 2.22. The van der Waals surface area contributed by atoms with Gasteiger partial charge in [0.15, 0.2) is 0 Å². The summed E-state index contributed by atoms with van der Waals surface area (Å²) in [6.07, 6.45) is 5.04. The van der Waals surface area contributed by atoms with Crippen molar-refractivity contribution < 1.29 is 5.11 Å². The number of aliphatic hydroxyl groups is 1. The summed E-state index contributed by atoms with van der Waals surface area (Å²) < 4.78 is 0. The zero-order valence-electron chi connectivity index (χ0n) is 13.9. The van der Waals surface area contributed by atoms with Gasteiger partial charge in [0.05, 0.1) is 12.1 Å². The van der Waals surface area contributed by atoms with Gasteiger partial charge in [-0.15, -0.1) is 0 Å². The fourth-order valence-corrected chi connectivity index (χ4v) is 3.98. The van der Waals surface area contributed by atoms with Gasteiger partial charge < -0.3 is 10.4 Å². The molecule has 20 heavy (non-hydrogen) atoms. The minimum atomic E-state index is -0.0545. The van der Waals surface area contributed by atoms with E-state index in [0.717, 1.165) is 31.3 Å². The van der Waals surface area contributed by atoms with Crippen molar-refractivity contribution in [3.8, 4) is 0 Å². The highest BCUT2D eigenvalue weighted by Crippen LogP contribution is 2.41. The average Bonchev–Trinajstić information content (AvgIpc) is 3.25. The molecule has 0 radical (unpaired) electrons. The first-order valence-electron chi connectivity index (χ1n) is 8.62. The number of hydrogen-bond donors (Lipinski definition) is 2. The predicted molar refractivity (Wildman–Crippen MR) is 84.8 cm³/mol. The third-order valence-corrected chi connectivity index (χ3v) is 5.57. The van der Waals surface area contributed by atoms with Crippen molar-refractivity contribution >= 4 is 0 Å². The molecule has 0 aromatic heterocycles. The van der Waals surface area contributed by atoms with Crippen LogP contribution in [-0.4, -0.2) is 47.8 Å². The molecule has 3 heteroatoms. The molecule has 0 aromatic carbocycles. The Hall–Kier alpha value is -0.120. The molecule has 0 bridgehead atoms. The first kappa shape index (κ1) is 16.3. The van der Waals surface area contributed by atoms with Crippen LogP contribution in [0.2, 0.25) is 0 Å². The summed E-state index contributed by atoms with van der Waals surface area (Å²) in [6, 6.07) is 0.638. The number of hydrogen-bond acceptors (Lipinski definition) is 3. The van der Waals surface area contributed by atoms with Crippen LogP contribution in [0.25, 0.3) is 0 Å². The van der Waals surface area contributed by atoms with Gasteiger partial charge in [0.1, 0.15) is 0 Å². The van der Waals surface area contributed by atoms with E-state index >= 15 is 0 Å². The Morgan fingerprint density at radius 3 is 2.50 bits per heavy atom. The Bertz CT molecular complexity index is 305. The molecule has 1 saturated heterocycles. The summed E-state index contributed by atoms with van der Waals surface area (Å²) in [6.45, 7) is 12.8. The Labute approximate surface area is 125 Å². The van der Waals surface area contributed by atoms with Crippen LogP contribution in [0, 0.1) is 17.8 Å². The van der Waals surface area contributed by atoms with E-state index < -0.39 is 0 Å². The molecule has 1 heterocycles. The fourth-order valence-electron chi connectivity index (χ4n) is 3.98. The van der Waals surface area contributed by atoms with Gasteiger partial charge in [-0.1, -0.05) is 20.8 Å². The Kier molecular flexibility index (Phi) is 5.49. The van der Waals surface area contributed by atoms with Gasteiger partial charge in [-0.25, -0.2) is 0 Å². The lowest BCUT2D eigenvalue weighted by molar-refractivity contribution is 0.0233. The molecule has 2 fully saturated rings. The lowest BCUT2D eigenvalue weighted by Crippen LogP contribution is -2.61. The van der Waals surface area contributed by atoms with Crippen LogP contribution in [0.4, 0.5) is 0 Å². The molecule has 1 saturated carbocycles. The number of aliphatic hydroxyl groups excluding tert-OH is 1. The van der Waals surface area contributed by atoms with E-state index in [9.17, 15) is 5.11 Å². The molecule has 0 spiro atoms. The molecule has 2 rings (SSSR count). The predicted octanol–water partition coefficient (Wildman–Crippen LogP) is 2.49. The van der Waals surface area contributed by atoms with Crippen LogP contribution in [0.15, 0.2) is 0 Å². The van der Waals surface area contributed by atoms with Gasteiger partial charge in [-0.05, 0) is 56.9 Å². The molecule has 4 unspecified atom stereocenters. The lowest BCUT2D eigenvalue weighted by atomic mass is 9.83. The van der Waals surface area contributed by atoms with Gasteiger partial charge in [0.2, 0.25) is 0 Å². The van der Waals surface area contributed by atoms with Crippen molar-refractivity contribution in [1.82, 2.24) is 10.2 Å². The third kappa shape index (κ3) is 3.55. The first-order valence-corrected chi connectivity index (χ1v) is 8.62. The molecule has 2 aliphatic rings. The zero-order valence-corrected chi connectivity index (χ0v) is 13.9. The Morgan fingerprint density at radius 2 is 1.95 bits per heavy atom. The lowest BCUT2D eigenvalue weighted by Gasteiger charge is -2.46. The van der Waals surface area contributed by atoms with Gasteiger partial charge in [0, 0.05) is 19.1 Å². The first-order chi connectivity index (χ1) is 9.52. The van der Waals surface area contributed by atoms with Crippen LogP contribution in [0.1, 0.15) is 53.4 Å². The van der Waals surface area contributed by atoms with Gasteiger partial charge in [-0.2, -0.15) is 0 Å². The van der Waals surface area contributed by atoms with Crippen molar-refractivity contribution in [2.45, 2.75) is 65.0 Å². The molecule has 2 N–H and O–H groups in total. The smallest absolute Gasteiger partial charge is 0.0628 e.